The molecule has 0 bridgehead atoms. The van der Waals surface area contributed by atoms with E-state index >= 15 is 0 Å². The Morgan fingerprint density at radius 1 is 0.333 bits per heavy atom. The second-order valence-electron chi connectivity index (χ2n) is 17.1. The molecule has 0 aliphatic carbocycles. The summed E-state index contributed by atoms with van der Waals surface area (Å²) in [6.07, 6.45) is 65.9. The van der Waals surface area contributed by atoms with Gasteiger partial charge >= 0.3 is 17.9 Å². The van der Waals surface area contributed by atoms with Gasteiger partial charge in [-0.05, 0) is 70.6 Å². The lowest BCUT2D eigenvalue weighted by Crippen LogP contribution is -2.30. The molecule has 6 heteroatoms. The molecule has 0 amide bonds. The van der Waals surface area contributed by atoms with E-state index in [4.69, 9.17) is 14.2 Å². The number of rotatable bonds is 46. The molecule has 0 heterocycles. The Labute approximate surface area is 388 Å². The van der Waals surface area contributed by atoms with Gasteiger partial charge in [0.25, 0.3) is 0 Å². The smallest absolute Gasteiger partial charge is 0.306 e. The van der Waals surface area contributed by atoms with Crippen molar-refractivity contribution in [3.05, 3.63) is 85.1 Å². The average Bonchev–Trinajstić information content (AvgIpc) is 3.28. The number of ether oxygens (including phenoxy) is 3. The van der Waals surface area contributed by atoms with Crippen LogP contribution in [0.1, 0.15) is 239 Å². The Morgan fingerprint density at radius 3 is 0.968 bits per heavy atom. The van der Waals surface area contributed by atoms with Crippen molar-refractivity contribution in [2.75, 3.05) is 13.2 Å². The van der Waals surface area contributed by atoms with Crippen LogP contribution in [0.15, 0.2) is 85.1 Å². The molecule has 0 aromatic rings. The van der Waals surface area contributed by atoms with Crippen molar-refractivity contribution in [2.24, 2.45) is 0 Å². The minimum atomic E-state index is -0.794. The maximum Gasteiger partial charge on any atom is 0.306 e. The van der Waals surface area contributed by atoms with Gasteiger partial charge in [0, 0.05) is 19.3 Å². The molecular weight excluding hydrogens is 781 g/mol. The number of unbranched alkanes of at least 4 members (excludes halogenated alkanes) is 21. The lowest BCUT2D eigenvalue weighted by atomic mass is 10.0. The third kappa shape index (κ3) is 49.5. The maximum atomic E-state index is 12.8. The largest absolute Gasteiger partial charge is 0.462 e. The van der Waals surface area contributed by atoms with E-state index < -0.39 is 6.10 Å². The van der Waals surface area contributed by atoms with Crippen LogP contribution in [0.3, 0.4) is 0 Å². The van der Waals surface area contributed by atoms with Crippen LogP contribution in [0, 0.1) is 0 Å². The van der Waals surface area contributed by atoms with Crippen molar-refractivity contribution in [3.8, 4) is 0 Å². The van der Waals surface area contributed by atoms with Crippen molar-refractivity contribution in [2.45, 2.75) is 245 Å². The first kappa shape index (κ1) is 59.6. The molecule has 0 saturated carbocycles. The third-order valence-corrected chi connectivity index (χ3v) is 10.9. The molecule has 0 radical (unpaired) electrons. The van der Waals surface area contributed by atoms with Gasteiger partial charge in [-0.2, -0.15) is 0 Å². The lowest BCUT2D eigenvalue weighted by Gasteiger charge is -2.18. The monoisotopic (exact) mass is 877 g/mol. The molecule has 0 aromatic carbocycles. The molecule has 1 atom stereocenters. The predicted molar refractivity (Wildman–Crippen MR) is 270 cm³/mol. The highest BCUT2D eigenvalue weighted by molar-refractivity contribution is 5.71. The van der Waals surface area contributed by atoms with Crippen LogP contribution in [0.4, 0.5) is 0 Å². The number of hydrogen-bond acceptors (Lipinski definition) is 6. The molecular formula is C57H96O6. The average molecular weight is 877 g/mol. The van der Waals surface area contributed by atoms with Gasteiger partial charge in [0.05, 0.1) is 0 Å². The van der Waals surface area contributed by atoms with Gasteiger partial charge in [0.1, 0.15) is 13.2 Å². The molecule has 0 aliphatic rings. The SMILES string of the molecule is CC/C=C\C/C=C\C/C=C\C/C=C\C/C=C\C/C=C\C/C=C\CCCC(=O)OCC(COC(=O)CCCCCCCCC)OC(=O)CCCCCCCCCCCCCCCCC. The summed E-state index contributed by atoms with van der Waals surface area (Å²) in [5.74, 6) is -0.960. The van der Waals surface area contributed by atoms with Crippen LogP contribution < -0.4 is 0 Å². The second kappa shape index (κ2) is 51.2. The zero-order valence-electron chi connectivity index (χ0n) is 41.1. The molecule has 0 rings (SSSR count). The molecule has 1 unspecified atom stereocenters. The van der Waals surface area contributed by atoms with E-state index in [1.54, 1.807) is 0 Å². The minimum Gasteiger partial charge on any atom is -0.462 e. The molecule has 6 nitrogen and oxygen atoms in total. The van der Waals surface area contributed by atoms with Gasteiger partial charge in [-0.25, -0.2) is 0 Å². The quantitative estimate of drug-likeness (QED) is 0.0262. The van der Waals surface area contributed by atoms with E-state index in [1.807, 2.05) is 0 Å². The first-order valence-electron chi connectivity index (χ1n) is 26.1. The normalized spacial score (nSPS) is 12.7. The zero-order valence-corrected chi connectivity index (χ0v) is 41.1. The fraction of sp³-hybridized carbons (Fsp3) is 0.702. The molecule has 0 saturated heterocycles. The molecule has 63 heavy (non-hydrogen) atoms. The van der Waals surface area contributed by atoms with Crippen molar-refractivity contribution >= 4 is 17.9 Å². The van der Waals surface area contributed by atoms with Gasteiger partial charge < -0.3 is 14.2 Å². The number of allylic oxidation sites excluding steroid dienone is 14. The summed E-state index contributed by atoms with van der Waals surface area (Å²) >= 11 is 0. The van der Waals surface area contributed by atoms with E-state index in [1.165, 1.54) is 103 Å². The highest BCUT2D eigenvalue weighted by Crippen LogP contribution is 2.15. The van der Waals surface area contributed by atoms with Gasteiger partial charge in [0.2, 0.25) is 0 Å². The van der Waals surface area contributed by atoms with Crippen molar-refractivity contribution in [1.29, 1.82) is 0 Å². The Bertz CT molecular complexity index is 1240. The highest BCUT2D eigenvalue weighted by atomic mass is 16.6. The summed E-state index contributed by atoms with van der Waals surface area (Å²) in [5, 5.41) is 0. The minimum absolute atomic E-state index is 0.0927. The fourth-order valence-electron chi connectivity index (χ4n) is 7.02. The zero-order chi connectivity index (χ0) is 45.8. The lowest BCUT2D eigenvalue weighted by molar-refractivity contribution is -0.167. The third-order valence-electron chi connectivity index (χ3n) is 10.9. The van der Waals surface area contributed by atoms with Crippen LogP contribution in [0.25, 0.3) is 0 Å². The van der Waals surface area contributed by atoms with E-state index in [0.29, 0.717) is 19.3 Å². The Hall–Kier alpha value is -3.41. The summed E-state index contributed by atoms with van der Waals surface area (Å²) in [6, 6.07) is 0. The standard InChI is InChI=1S/C57H96O6/c1-4-7-10-13-16-18-20-22-24-25-26-27-28-29-30-31-33-34-36-38-41-44-47-50-56(59)62-53-54(52-61-55(58)49-46-43-40-15-12-9-6-3)63-57(60)51-48-45-42-39-37-35-32-23-21-19-17-14-11-8-5-2/h7,10,16,18,22,24,26-27,29-30,33-34,38,41,54H,4-6,8-9,11-15,17,19-21,23,25,28,31-32,35-37,39-40,42-53H2,1-3H3/b10-7-,18-16-,24-22-,27-26-,30-29-,34-33-,41-38-. The van der Waals surface area contributed by atoms with E-state index in [0.717, 1.165) is 89.9 Å². The van der Waals surface area contributed by atoms with Gasteiger partial charge in [-0.3, -0.25) is 14.4 Å². The Kier molecular flexibility index (Phi) is 48.5. The molecule has 0 aromatic heterocycles. The summed E-state index contributed by atoms with van der Waals surface area (Å²) < 4.78 is 16.7. The van der Waals surface area contributed by atoms with Crippen LogP contribution >= 0.6 is 0 Å². The van der Waals surface area contributed by atoms with E-state index in [2.05, 4.69) is 106 Å². The van der Waals surface area contributed by atoms with Gasteiger partial charge in [0.15, 0.2) is 6.10 Å². The van der Waals surface area contributed by atoms with Crippen molar-refractivity contribution in [1.82, 2.24) is 0 Å². The van der Waals surface area contributed by atoms with Crippen molar-refractivity contribution < 1.29 is 28.6 Å². The molecule has 0 spiro atoms. The summed E-state index contributed by atoms with van der Waals surface area (Å²) in [4.78, 5) is 37.8. The number of hydrogen-bond donors (Lipinski definition) is 0. The number of carbonyl (C=O) groups excluding carboxylic acids is 3. The first-order valence-corrected chi connectivity index (χ1v) is 26.1. The maximum absolute atomic E-state index is 12.8. The van der Waals surface area contributed by atoms with Crippen LogP contribution in [-0.4, -0.2) is 37.2 Å². The topological polar surface area (TPSA) is 78.9 Å². The summed E-state index contributed by atoms with van der Waals surface area (Å²) in [7, 11) is 0. The fourth-order valence-corrected chi connectivity index (χ4v) is 7.02. The number of carbonyl (C=O) groups is 3. The molecule has 0 fully saturated rings. The van der Waals surface area contributed by atoms with Crippen LogP contribution in [-0.2, 0) is 28.6 Å². The Morgan fingerprint density at radius 2 is 0.619 bits per heavy atom. The first-order chi connectivity index (χ1) is 31.0. The van der Waals surface area contributed by atoms with Crippen LogP contribution in [0.5, 0.6) is 0 Å². The van der Waals surface area contributed by atoms with E-state index in [9.17, 15) is 14.4 Å². The molecule has 0 aliphatic heterocycles. The predicted octanol–water partition coefficient (Wildman–Crippen LogP) is 17.2. The van der Waals surface area contributed by atoms with Crippen molar-refractivity contribution in [3.63, 3.8) is 0 Å². The highest BCUT2D eigenvalue weighted by Gasteiger charge is 2.19. The summed E-state index contributed by atoms with van der Waals surface area (Å²) in [5.41, 5.74) is 0. The van der Waals surface area contributed by atoms with Gasteiger partial charge in [-0.1, -0.05) is 234 Å². The van der Waals surface area contributed by atoms with E-state index in [-0.39, 0.29) is 37.5 Å². The molecule has 360 valence electrons. The number of esters is 3. The Balaban J connectivity index is 4.34. The van der Waals surface area contributed by atoms with Crippen LogP contribution in [0.2, 0.25) is 0 Å². The second-order valence-corrected chi connectivity index (χ2v) is 17.1. The molecule has 0 N–H and O–H groups in total. The van der Waals surface area contributed by atoms with Gasteiger partial charge in [-0.15, -0.1) is 0 Å². The summed E-state index contributed by atoms with van der Waals surface area (Å²) in [6.45, 7) is 6.43.